The molecule has 7 nitrogen and oxygen atoms in total. The van der Waals surface area contributed by atoms with E-state index in [1.54, 1.807) is 27.2 Å². The Kier molecular flexibility index (Phi) is 10.6. The first kappa shape index (κ1) is 35.5. The van der Waals surface area contributed by atoms with Crippen molar-refractivity contribution in [3.05, 3.63) is 72.0 Å². The van der Waals surface area contributed by atoms with Gasteiger partial charge in [-0.15, -0.1) is 6.42 Å². The van der Waals surface area contributed by atoms with E-state index in [2.05, 4.69) is 31.1 Å². The molecule has 1 fully saturated rings. The Labute approximate surface area is 275 Å². The molecule has 46 heavy (non-hydrogen) atoms. The van der Waals surface area contributed by atoms with Crippen LogP contribution in [0, 0.1) is 46.3 Å². The number of carbonyl (C=O) groups is 2. The summed E-state index contributed by atoms with van der Waals surface area (Å²) in [6.07, 6.45) is 18.4. The molecule has 7 heteroatoms. The highest BCUT2D eigenvalue weighted by molar-refractivity contribution is 5.79. The number of terminal acetylenes is 1. The molecular formula is C39H52O7. The molecule has 0 saturated heterocycles. The van der Waals surface area contributed by atoms with Gasteiger partial charge >= 0.3 is 11.9 Å². The van der Waals surface area contributed by atoms with E-state index in [1.807, 2.05) is 64.1 Å². The van der Waals surface area contributed by atoms with Gasteiger partial charge in [0, 0.05) is 29.8 Å². The summed E-state index contributed by atoms with van der Waals surface area (Å²) in [5.41, 5.74) is -2.78. The van der Waals surface area contributed by atoms with E-state index in [4.69, 9.17) is 30.1 Å². The van der Waals surface area contributed by atoms with Crippen LogP contribution in [0.25, 0.3) is 0 Å². The van der Waals surface area contributed by atoms with E-state index < -0.39 is 27.4 Å². The predicted molar refractivity (Wildman–Crippen MR) is 178 cm³/mol. The highest BCUT2D eigenvalue weighted by atomic mass is 16.6. The van der Waals surface area contributed by atoms with Crippen molar-refractivity contribution in [2.45, 2.75) is 85.5 Å². The Morgan fingerprint density at radius 3 is 2.46 bits per heavy atom. The van der Waals surface area contributed by atoms with Gasteiger partial charge in [0.05, 0.1) is 44.0 Å². The average molecular weight is 633 g/mol. The molecule has 6 atom stereocenters. The van der Waals surface area contributed by atoms with Crippen molar-refractivity contribution in [1.29, 1.82) is 0 Å². The Bertz CT molecular complexity index is 1380. The Morgan fingerprint density at radius 1 is 1.11 bits per heavy atom. The van der Waals surface area contributed by atoms with E-state index in [-0.39, 0.29) is 36.3 Å². The van der Waals surface area contributed by atoms with Crippen LogP contribution in [0.1, 0.15) is 73.3 Å². The standard InChI is InChI=1S/C39H52O7/c1-10-39(29(4)18-23-42-9,45-33(40)28(2)3)36(8)22-17-32-37(26-43-24-19-31(36)37)20-14-21-38(32,34(41)46-35(5,6)7)27-44-25-30-15-12-11-13-16-30/h1,11-13,15-19,22,24,28,31-32H,14,20-21,23,25-27H2,2-9H3/b29-18+/t31-,32+,36+,37-,38+,39?/m0/s1. The first-order chi connectivity index (χ1) is 21.7. The molecule has 3 aliphatic rings. The summed E-state index contributed by atoms with van der Waals surface area (Å²) in [5.74, 6) is 1.38. The third kappa shape index (κ3) is 6.44. The van der Waals surface area contributed by atoms with Crippen LogP contribution in [0.3, 0.4) is 0 Å². The van der Waals surface area contributed by atoms with Crippen molar-refractivity contribution in [2.24, 2.45) is 34.0 Å². The van der Waals surface area contributed by atoms with Crippen LogP contribution in [0.4, 0.5) is 0 Å². The minimum atomic E-state index is -1.43. The Hall–Kier alpha value is -3.34. The van der Waals surface area contributed by atoms with Crippen molar-refractivity contribution in [1.82, 2.24) is 0 Å². The SMILES string of the molecule is C#CC(OC(=O)C(C)C)(/C(C)=C/COC)[C@]1(C)C=C[C@H]2[C@@](COCc3ccccc3)(C(=O)OC(C)(C)C)CCC[C@@]23COC=C[C@H]31. The number of methoxy groups -OCH3 is 1. The molecule has 1 aromatic rings. The van der Waals surface area contributed by atoms with Gasteiger partial charge in [-0.05, 0) is 57.7 Å². The number of ether oxygens (including phenoxy) is 5. The summed E-state index contributed by atoms with van der Waals surface area (Å²) in [7, 11) is 1.61. The zero-order valence-corrected chi connectivity index (χ0v) is 28.9. The van der Waals surface area contributed by atoms with Gasteiger partial charge in [0.25, 0.3) is 0 Å². The van der Waals surface area contributed by atoms with Crippen LogP contribution in [-0.4, -0.2) is 50.1 Å². The molecule has 0 N–H and O–H groups in total. The van der Waals surface area contributed by atoms with E-state index in [9.17, 15) is 9.59 Å². The Balaban J connectivity index is 1.89. The lowest BCUT2D eigenvalue weighted by Crippen LogP contribution is -2.66. The molecule has 1 aromatic carbocycles. The highest BCUT2D eigenvalue weighted by Gasteiger charge is 2.69. The molecule has 1 saturated carbocycles. The van der Waals surface area contributed by atoms with Gasteiger partial charge in [-0.3, -0.25) is 9.59 Å². The molecule has 1 unspecified atom stereocenters. The van der Waals surface area contributed by atoms with Gasteiger partial charge in [-0.2, -0.15) is 0 Å². The second kappa shape index (κ2) is 13.8. The zero-order chi connectivity index (χ0) is 33.8. The molecule has 0 bridgehead atoms. The number of hydrogen-bond donors (Lipinski definition) is 0. The second-order valence-corrected chi connectivity index (χ2v) is 14.7. The van der Waals surface area contributed by atoms with Gasteiger partial charge in [0.1, 0.15) is 5.60 Å². The molecule has 2 aliphatic carbocycles. The molecule has 1 aliphatic heterocycles. The lowest BCUT2D eigenvalue weighted by Gasteiger charge is -2.63. The van der Waals surface area contributed by atoms with Crippen LogP contribution >= 0.6 is 0 Å². The predicted octanol–water partition coefficient (Wildman–Crippen LogP) is 7.22. The number of hydrogen-bond acceptors (Lipinski definition) is 7. The molecular weight excluding hydrogens is 580 g/mol. The van der Waals surface area contributed by atoms with Gasteiger partial charge in [0.15, 0.2) is 0 Å². The topological polar surface area (TPSA) is 80.3 Å². The first-order valence-electron chi connectivity index (χ1n) is 16.4. The maximum absolute atomic E-state index is 14.4. The average Bonchev–Trinajstić information content (AvgIpc) is 3.01. The summed E-state index contributed by atoms with van der Waals surface area (Å²) in [6.45, 7) is 14.5. The van der Waals surface area contributed by atoms with Crippen LogP contribution in [0.15, 0.2) is 66.5 Å². The van der Waals surface area contributed by atoms with Gasteiger partial charge in [-0.1, -0.05) is 81.7 Å². The van der Waals surface area contributed by atoms with Crippen molar-refractivity contribution in [3.63, 3.8) is 0 Å². The quantitative estimate of drug-likeness (QED) is 0.145. The van der Waals surface area contributed by atoms with Gasteiger partial charge in [-0.25, -0.2) is 0 Å². The lowest BCUT2D eigenvalue weighted by atomic mass is 9.42. The number of rotatable bonds is 11. The molecule has 4 rings (SSSR count). The van der Waals surface area contributed by atoms with Gasteiger partial charge < -0.3 is 23.7 Å². The van der Waals surface area contributed by atoms with Crippen LogP contribution in [0.5, 0.6) is 0 Å². The molecule has 0 aromatic heterocycles. The van der Waals surface area contributed by atoms with Crippen molar-refractivity contribution < 1.29 is 33.3 Å². The number of benzene rings is 1. The molecule has 1 spiro atoms. The summed E-state index contributed by atoms with van der Waals surface area (Å²) in [4.78, 5) is 27.8. The van der Waals surface area contributed by atoms with E-state index in [0.717, 1.165) is 18.4 Å². The monoisotopic (exact) mass is 632 g/mol. The summed E-state index contributed by atoms with van der Waals surface area (Å²) < 4.78 is 30.5. The summed E-state index contributed by atoms with van der Waals surface area (Å²) in [5, 5.41) is 0. The normalized spacial score (nSPS) is 30.3. The largest absolute Gasteiger partial charge is 0.501 e. The maximum atomic E-state index is 14.4. The smallest absolute Gasteiger partial charge is 0.315 e. The lowest BCUT2D eigenvalue weighted by molar-refractivity contribution is -0.201. The molecule has 1 heterocycles. The molecule has 250 valence electrons. The van der Waals surface area contributed by atoms with E-state index in [1.165, 1.54) is 0 Å². The third-order valence-electron chi connectivity index (χ3n) is 10.2. The summed E-state index contributed by atoms with van der Waals surface area (Å²) in [6, 6.07) is 9.96. The number of allylic oxidation sites excluding steroid dienone is 2. The second-order valence-electron chi connectivity index (χ2n) is 14.7. The van der Waals surface area contributed by atoms with Crippen molar-refractivity contribution in [2.75, 3.05) is 26.9 Å². The fraction of sp³-hybridized carbons (Fsp3) is 0.590. The van der Waals surface area contributed by atoms with Crippen LogP contribution in [-0.2, 0) is 39.9 Å². The van der Waals surface area contributed by atoms with E-state index in [0.29, 0.717) is 31.8 Å². The molecule has 0 amide bonds. The van der Waals surface area contributed by atoms with Crippen LogP contribution < -0.4 is 0 Å². The number of carbonyl (C=O) groups excluding carboxylic acids is 2. The van der Waals surface area contributed by atoms with E-state index >= 15 is 0 Å². The fourth-order valence-electron chi connectivity index (χ4n) is 7.92. The van der Waals surface area contributed by atoms with Crippen LogP contribution in [0.2, 0.25) is 0 Å². The van der Waals surface area contributed by atoms with Crippen molar-refractivity contribution >= 4 is 11.9 Å². The highest BCUT2D eigenvalue weighted by Crippen LogP contribution is 2.67. The minimum absolute atomic E-state index is 0.191. The molecule has 0 radical (unpaired) electrons. The third-order valence-corrected chi connectivity index (χ3v) is 10.2. The first-order valence-corrected chi connectivity index (χ1v) is 16.4. The fourth-order valence-corrected chi connectivity index (χ4v) is 7.92. The maximum Gasteiger partial charge on any atom is 0.315 e. The summed E-state index contributed by atoms with van der Waals surface area (Å²) >= 11 is 0. The Morgan fingerprint density at radius 2 is 1.83 bits per heavy atom. The number of esters is 2. The minimum Gasteiger partial charge on any atom is -0.501 e. The zero-order valence-electron chi connectivity index (χ0n) is 28.9. The van der Waals surface area contributed by atoms with Gasteiger partial charge in [0.2, 0.25) is 5.60 Å². The van der Waals surface area contributed by atoms with Crippen molar-refractivity contribution in [3.8, 4) is 12.3 Å².